The molecule has 0 saturated carbocycles. The van der Waals surface area contributed by atoms with Gasteiger partial charge in [-0.25, -0.2) is 9.67 Å². The SMILES string of the molecule is CC(=O)OC1C(n2ncc3c(Cl)nc(Cl)nc32)O[C@H](COCCP(C)(C)=O)[C@H]1C. The predicted molar refractivity (Wildman–Crippen MR) is 109 cm³/mol. The molecule has 2 aromatic heterocycles. The average molecular weight is 465 g/mol. The summed E-state index contributed by atoms with van der Waals surface area (Å²) >= 11 is 12.1. The Kier molecular flexibility index (Phi) is 6.85. The Morgan fingerprint density at radius 3 is 2.72 bits per heavy atom. The first-order valence-electron chi connectivity index (χ1n) is 9.07. The lowest BCUT2D eigenvalue weighted by Gasteiger charge is -2.21. The van der Waals surface area contributed by atoms with Crippen molar-refractivity contribution in [2.75, 3.05) is 32.7 Å². The lowest BCUT2D eigenvalue weighted by atomic mass is 10.0. The number of aromatic nitrogens is 4. The smallest absolute Gasteiger partial charge is 0.303 e. The summed E-state index contributed by atoms with van der Waals surface area (Å²) in [6.45, 7) is 7.32. The van der Waals surface area contributed by atoms with Crippen molar-refractivity contribution in [3.8, 4) is 0 Å². The van der Waals surface area contributed by atoms with Crippen molar-refractivity contribution in [3.05, 3.63) is 16.6 Å². The minimum absolute atomic E-state index is 0.0252. The van der Waals surface area contributed by atoms with Crippen molar-refractivity contribution in [1.29, 1.82) is 0 Å². The number of carbonyl (C=O) groups excluding carboxylic acids is 1. The largest absolute Gasteiger partial charge is 0.457 e. The van der Waals surface area contributed by atoms with Gasteiger partial charge in [0.25, 0.3) is 0 Å². The number of ether oxygens (including phenoxy) is 3. The number of nitrogens with zero attached hydrogens (tertiary/aromatic N) is 4. The molecule has 2 unspecified atom stereocenters. The van der Waals surface area contributed by atoms with Crippen LogP contribution in [0.25, 0.3) is 11.0 Å². The molecule has 1 saturated heterocycles. The van der Waals surface area contributed by atoms with Crippen molar-refractivity contribution in [3.63, 3.8) is 0 Å². The number of hydrogen-bond donors (Lipinski definition) is 0. The highest BCUT2D eigenvalue weighted by Crippen LogP contribution is 2.38. The highest BCUT2D eigenvalue weighted by Gasteiger charge is 2.46. The second-order valence-electron chi connectivity index (χ2n) is 7.48. The number of fused-ring (bicyclic) bond motifs is 1. The molecule has 0 aliphatic carbocycles. The minimum Gasteiger partial charge on any atom is -0.457 e. The second kappa shape index (κ2) is 8.86. The normalized spacial score (nSPS) is 24.9. The van der Waals surface area contributed by atoms with E-state index in [1.165, 1.54) is 17.8 Å². The van der Waals surface area contributed by atoms with E-state index < -0.39 is 25.4 Å². The summed E-state index contributed by atoms with van der Waals surface area (Å²) in [5.41, 5.74) is 0.379. The van der Waals surface area contributed by atoms with Crippen LogP contribution in [0.2, 0.25) is 10.4 Å². The fourth-order valence-corrected chi connectivity index (χ4v) is 4.12. The van der Waals surface area contributed by atoms with Crippen LogP contribution in [0.1, 0.15) is 20.1 Å². The van der Waals surface area contributed by atoms with Gasteiger partial charge in [0.15, 0.2) is 18.0 Å². The zero-order valence-corrected chi connectivity index (χ0v) is 18.9. The number of carbonyl (C=O) groups is 1. The third kappa shape index (κ3) is 5.27. The third-order valence-corrected chi connectivity index (χ3v) is 6.40. The molecule has 12 heteroatoms. The summed E-state index contributed by atoms with van der Waals surface area (Å²) in [7, 11) is -2.15. The van der Waals surface area contributed by atoms with Gasteiger partial charge in [-0.1, -0.05) is 18.5 Å². The Hall–Kier alpha value is -1.25. The van der Waals surface area contributed by atoms with Crippen LogP contribution in [-0.2, 0) is 23.6 Å². The first kappa shape index (κ1) is 22.4. The van der Waals surface area contributed by atoms with Crippen LogP contribution in [-0.4, -0.2) is 70.6 Å². The molecule has 3 rings (SSSR count). The van der Waals surface area contributed by atoms with Gasteiger partial charge in [-0.3, -0.25) is 4.79 Å². The van der Waals surface area contributed by atoms with Gasteiger partial charge in [0.1, 0.15) is 5.15 Å². The summed E-state index contributed by atoms with van der Waals surface area (Å²) in [6, 6.07) is 0. The number of esters is 1. The van der Waals surface area contributed by atoms with Gasteiger partial charge in [0.05, 0.1) is 38.0 Å². The molecular weight excluding hydrogens is 442 g/mol. The molecule has 0 aromatic carbocycles. The summed E-state index contributed by atoms with van der Waals surface area (Å²) in [4.78, 5) is 19.8. The van der Waals surface area contributed by atoms with Gasteiger partial charge in [0, 0.05) is 19.0 Å². The molecule has 160 valence electrons. The van der Waals surface area contributed by atoms with E-state index in [0.29, 0.717) is 23.8 Å². The van der Waals surface area contributed by atoms with Gasteiger partial charge in [-0.15, -0.1) is 0 Å². The van der Waals surface area contributed by atoms with Crippen molar-refractivity contribution in [2.45, 2.75) is 32.3 Å². The Morgan fingerprint density at radius 1 is 1.34 bits per heavy atom. The molecular formula is C17H23Cl2N4O5P. The van der Waals surface area contributed by atoms with Crippen molar-refractivity contribution < 1.29 is 23.6 Å². The lowest BCUT2D eigenvalue weighted by Crippen LogP contribution is -2.31. The molecule has 2 aromatic rings. The first-order valence-corrected chi connectivity index (χ1v) is 12.6. The molecule has 0 bridgehead atoms. The summed E-state index contributed by atoms with van der Waals surface area (Å²) in [5.74, 6) is -0.608. The second-order valence-corrected chi connectivity index (χ2v) is 11.8. The van der Waals surface area contributed by atoms with E-state index in [9.17, 15) is 9.36 Å². The highest BCUT2D eigenvalue weighted by atomic mass is 35.5. The Labute approximate surface area is 178 Å². The maximum Gasteiger partial charge on any atom is 0.303 e. The third-order valence-electron chi connectivity index (χ3n) is 4.68. The zero-order valence-electron chi connectivity index (χ0n) is 16.5. The van der Waals surface area contributed by atoms with E-state index in [4.69, 9.17) is 37.4 Å². The molecule has 3 heterocycles. The first-order chi connectivity index (χ1) is 13.6. The fraction of sp³-hybridized carbons (Fsp3) is 0.647. The topological polar surface area (TPSA) is 105 Å². The van der Waals surface area contributed by atoms with Crippen molar-refractivity contribution >= 4 is 47.3 Å². The van der Waals surface area contributed by atoms with E-state index in [1.807, 2.05) is 6.92 Å². The van der Waals surface area contributed by atoms with Gasteiger partial charge < -0.3 is 18.8 Å². The molecule has 0 spiro atoms. The van der Waals surface area contributed by atoms with E-state index >= 15 is 0 Å². The van der Waals surface area contributed by atoms with Crippen LogP contribution in [0.3, 0.4) is 0 Å². The van der Waals surface area contributed by atoms with E-state index in [1.54, 1.807) is 13.3 Å². The van der Waals surface area contributed by atoms with E-state index in [-0.39, 0.29) is 29.1 Å². The van der Waals surface area contributed by atoms with Gasteiger partial charge in [-0.2, -0.15) is 10.1 Å². The zero-order chi connectivity index (χ0) is 21.3. The van der Waals surface area contributed by atoms with Crippen molar-refractivity contribution in [2.24, 2.45) is 5.92 Å². The van der Waals surface area contributed by atoms with Crippen LogP contribution in [0.15, 0.2) is 6.20 Å². The Balaban J connectivity index is 1.83. The Bertz CT molecular complexity index is 949. The van der Waals surface area contributed by atoms with Crippen LogP contribution >= 0.6 is 30.3 Å². The predicted octanol–water partition coefficient (Wildman–Crippen LogP) is 3.24. The van der Waals surface area contributed by atoms with Crippen LogP contribution in [0.4, 0.5) is 0 Å². The standard InChI is InChI=1S/C17H23Cl2N4O5P/c1-9-12(8-26-5-6-29(3,4)25)28-16(13(9)27-10(2)24)23-15-11(7-20-23)14(18)21-17(19)22-15/h7,9,12-13,16H,5-6,8H2,1-4H3/t9-,12-,13?,16?/m1/s1. The number of rotatable bonds is 7. The van der Waals surface area contributed by atoms with Crippen LogP contribution in [0, 0.1) is 5.92 Å². The molecule has 9 nitrogen and oxygen atoms in total. The number of hydrogen-bond acceptors (Lipinski definition) is 8. The molecule has 0 amide bonds. The average Bonchev–Trinajstić information content (AvgIpc) is 3.13. The minimum atomic E-state index is -2.15. The molecule has 4 atom stereocenters. The highest BCUT2D eigenvalue weighted by molar-refractivity contribution is 7.62. The van der Waals surface area contributed by atoms with Crippen molar-refractivity contribution in [1.82, 2.24) is 19.7 Å². The van der Waals surface area contributed by atoms with E-state index in [2.05, 4.69) is 15.1 Å². The maximum absolute atomic E-state index is 11.8. The van der Waals surface area contributed by atoms with Crippen LogP contribution < -0.4 is 0 Å². The molecule has 0 N–H and O–H groups in total. The molecule has 1 fully saturated rings. The monoisotopic (exact) mass is 464 g/mol. The number of halogens is 2. The van der Waals surface area contributed by atoms with Gasteiger partial charge >= 0.3 is 5.97 Å². The van der Waals surface area contributed by atoms with Gasteiger partial charge in [-0.05, 0) is 24.9 Å². The summed E-state index contributed by atoms with van der Waals surface area (Å²) in [5, 5.41) is 4.97. The van der Waals surface area contributed by atoms with E-state index in [0.717, 1.165) is 0 Å². The molecule has 29 heavy (non-hydrogen) atoms. The fourth-order valence-electron chi connectivity index (χ4n) is 3.13. The molecule has 1 aliphatic rings. The van der Waals surface area contributed by atoms with Crippen LogP contribution in [0.5, 0.6) is 0 Å². The summed E-state index contributed by atoms with van der Waals surface area (Å²) < 4.78 is 30.6. The Morgan fingerprint density at radius 2 is 2.07 bits per heavy atom. The molecule has 0 radical (unpaired) electrons. The lowest BCUT2D eigenvalue weighted by molar-refractivity contribution is -0.154. The molecule has 1 aliphatic heterocycles. The van der Waals surface area contributed by atoms with Gasteiger partial charge in [0.2, 0.25) is 5.28 Å². The summed E-state index contributed by atoms with van der Waals surface area (Å²) in [6.07, 6.45) is 0.300. The maximum atomic E-state index is 11.8. The quantitative estimate of drug-likeness (QED) is 0.202.